The number of fused-ring (bicyclic) bond motifs is 2. The summed E-state index contributed by atoms with van der Waals surface area (Å²) < 4.78 is 26.3. The Bertz CT molecular complexity index is 672. The molecule has 3 rings (SSSR count). The van der Waals surface area contributed by atoms with E-state index in [1.165, 1.54) is 6.07 Å². The second-order valence-corrected chi connectivity index (χ2v) is 6.70. The zero-order valence-electron chi connectivity index (χ0n) is 12.5. The Labute approximate surface area is 127 Å². The highest BCUT2D eigenvalue weighted by atomic mass is 19.2. The lowest BCUT2D eigenvalue weighted by Gasteiger charge is -2.36. The standard InChI is InChI=1S/C16H18F2N2O2/c1-15(2)9-5-6-16(15,13(7-9)20-22)14(21)19-10-3-4-11(17)12(18)8-10/h3-4,8-9,22H,5-7H2,1-2H3,(H,19,21)/b20-13+. The summed E-state index contributed by atoms with van der Waals surface area (Å²) in [6, 6.07) is 3.24. The molecule has 0 saturated heterocycles. The van der Waals surface area contributed by atoms with E-state index in [1.807, 2.05) is 13.8 Å². The molecule has 22 heavy (non-hydrogen) atoms. The first kappa shape index (κ1) is 14.9. The van der Waals surface area contributed by atoms with Gasteiger partial charge in [0.15, 0.2) is 11.6 Å². The van der Waals surface area contributed by atoms with Crippen molar-refractivity contribution in [2.75, 3.05) is 5.32 Å². The van der Waals surface area contributed by atoms with Gasteiger partial charge in [-0.1, -0.05) is 19.0 Å². The second-order valence-electron chi connectivity index (χ2n) is 6.70. The smallest absolute Gasteiger partial charge is 0.236 e. The van der Waals surface area contributed by atoms with Crippen LogP contribution in [-0.2, 0) is 4.79 Å². The normalized spacial score (nSPS) is 30.7. The number of rotatable bonds is 2. The van der Waals surface area contributed by atoms with Gasteiger partial charge in [-0.15, -0.1) is 0 Å². The van der Waals surface area contributed by atoms with Gasteiger partial charge in [-0.25, -0.2) is 8.78 Å². The summed E-state index contributed by atoms with van der Waals surface area (Å²) in [5.74, 6) is -2.01. The first-order chi connectivity index (χ1) is 10.3. The Balaban J connectivity index is 1.95. The largest absolute Gasteiger partial charge is 0.411 e. The van der Waals surface area contributed by atoms with E-state index >= 15 is 0 Å². The number of halogens is 2. The van der Waals surface area contributed by atoms with Crippen LogP contribution in [0.3, 0.4) is 0 Å². The number of hydrogen-bond acceptors (Lipinski definition) is 3. The fourth-order valence-corrected chi connectivity index (χ4v) is 4.18. The van der Waals surface area contributed by atoms with Gasteiger partial charge in [-0.3, -0.25) is 4.79 Å². The number of anilines is 1. The van der Waals surface area contributed by atoms with Crippen molar-refractivity contribution in [1.82, 2.24) is 0 Å². The maximum atomic E-state index is 13.3. The molecule has 2 bridgehead atoms. The molecule has 2 unspecified atom stereocenters. The van der Waals surface area contributed by atoms with Crippen molar-refractivity contribution in [2.45, 2.75) is 33.1 Å². The van der Waals surface area contributed by atoms with Gasteiger partial charge < -0.3 is 10.5 Å². The van der Waals surface area contributed by atoms with E-state index in [0.29, 0.717) is 18.6 Å². The summed E-state index contributed by atoms with van der Waals surface area (Å²) in [7, 11) is 0. The number of carbonyl (C=O) groups excluding carboxylic acids is 1. The van der Waals surface area contributed by atoms with Gasteiger partial charge >= 0.3 is 0 Å². The van der Waals surface area contributed by atoms with Gasteiger partial charge in [-0.05, 0) is 42.7 Å². The van der Waals surface area contributed by atoms with E-state index in [9.17, 15) is 18.8 Å². The Kier molecular flexibility index (Phi) is 3.23. The summed E-state index contributed by atoms with van der Waals surface area (Å²) in [5.41, 5.74) is -0.551. The van der Waals surface area contributed by atoms with Gasteiger partial charge in [0.25, 0.3) is 0 Å². The minimum Gasteiger partial charge on any atom is -0.411 e. The van der Waals surface area contributed by atoms with Gasteiger partial charge in [0.1, 0.15) is 0 Å². The van der Waals surface area contributed by atoms with Crippen LogP contribution in [0.25, 0.3) is 0 Å². The minimum absolute atomic E-state index is 0.196. The maximum Gasteiger partial charge on any atom is 0.236 e. The zero-order valence-corrected chi connectivity index (χ0v) is 12.5. The van der Waals surface area contributed by atoms with Crippen LogP contribution in [0.2, 0.25) is 0 Å². The molecule has 2 aliphatic rings. The third-order valence-corrected chi connectivity index (χ3v) is 5.61. The molecule has 2 fully saturated rings. The van der Waals surface area contributed by atoms with Crippen LogP contribution >= 0.6 is 0 Å². The van der Waals surface area contributed by atoms with Crippen LogP contribution < -0.4 is 5.32 Å². The number of amides is 1. The van der Waals surface area contributed by atoms with Crippen LogP contribution in [-0.4, -0.2) is 16.8 Å². The van der Waals surface area contributed by atoms with Gasteiger partial charge in [0.05, 0.1) is 11.1 Å². The van der Waals surface area contributed by atoms with Crippen LogP contribution in [0.5, 0.6) is 0 Å². The average molecular weight is 308 g/mol. The summed E-state index contributed by atoms with van der Waals surface area (Å²) in [6.07, 6.45) is 2.07. The van der Waals surface area contributed by atoms with E-state index in [1.54, 1.807) is 0 Å². The summed E-state index contributed by atoms with van der Waals surface area (Å²) in [4.78, 5) is 12.9. The highest BCUT2D eigenvalue weighted by molar-refractivity contribution is 6.16. The Morgan fingerprint density at radius 2 is 2.09 bits per heavy atom. The van der Waals surface area contributed by atoms with Crippen LogP contribution in [0.4, 0.5) is 14.5 Å². The Hall–Kier alpha value is -1.98. The molecule has 118 valence electrons. The molecule has 0 radical (unpaired) electrons. The number of benzene rings is 1. The summed E-state index contributed by atoms with van der Waals surface area (Å²) in [6.45, 7) is 3.99. The monoisotopic (exact) mass is 308 g/mol. The molecule has 4 nitrogen and oxygen atoms in total. The number of nitrogens with one attached hydrogen (secondary N) is 1. The second kappa shape index (κ2) is 4.76. The van der Waals surface area contributed by atoms with Gasteiger partial charge in [0.2, 0.25) is 5.91 Å². The molecule has 1 aromatic carbocycles. The number of oxime groups is 1. The van der Waals surface area contributed by atoms with E-state index in [4.69, 9.17) is 0 Å². The first-order valence-electron chi connectivity index (χ1n) is 7.31. The molecule has 1 amide bonds. The van der Waals surface area contributed by atoms with Crippen molar-refractivity contribution in [3.63, 3.8) is 0 Å². The molecular formula is C16H18F2N2O2. The first-order valence-corrected chi connectivity index (χ1v) is 7.31. The average Bonchev–Trinajstić information content (AvgIpc) is 2.87. The van der Waals surface area contributed by atoms with Crippen molar-refractivity contribution >= 4 is 17.3 Å². The number of carbonyl (C=O) groups is 1. The maximum absolute atomic E-state index is 13.3. The molecule has 2 saturated carbocycles. The molecule has 0 spiro atoms. The van der Waals surface area contributed by atoms with E-state index in [0.717, 1.165) is 18.6 Å². The zero-order chi connectivity index (χ0) is 16.1. The van der Waals surface area contributed by atoms with Crippen molar-refractivity contribution < 1.29 is 18.8 Å². The Morgan fingerprint density at radius 3 is 2.68 bits per heavy atom. The molecule has 1 aromatic rings. The van der Waals surface area contributed by atoms with Crippen LogP contribution in [0.1, 0.15) is 33.1 Å². The third-order valence-electron chi connectivity index (χ3n) is 5.61. The lowest BCUT2D eigenvalue weighted by Crippen LogP contribution is -2.46. The van der Waals surface area contributed by atoms with Crippen molar-refractivity contribution in [3.8, 4) is 0 Å². The van der Waals surface area contributed by atoms with Gasteiger partial charge in [-0.2, -0.15) is 0 Å². The molecule has 0 aromatic heterocycles. The summed E-state index contributed by atoms with van der Waals surface area (Å²) >= 11 is 0. The molecular weight excluding hydrogens is 290 g/mol. The van der Waals surface area contributed by atoms with Crippen LogP contribution in [0.15, 0.2) is 23.4 Å². The van der Waals surface area contributed by atoms with E-state index in [2.05, 4.69) is 10.5 Å². The highest BCUT2D eigenvalue weighted by Gasteiger charge is 2.67. The van der Waals surface area contributed by atoms with E-state index < -0.39 is 17.0 Å². The van der Waals surface area contributed by atoms with E-state index in [-0.39, 0.29) is 22.9 Å². The molecule has 2 N–H and O–H groups in total. The van der Waals surface area contributed by atoms with Crippen molar-refractivity contribution in [2.24, 2.45) is 21.9 Å². The van der Waals surface area contributed by atoms with Gasteiger partial charge in [0, 0.05) is 11.8 Å². The number of hydrogen-bond donors (Lipinski definition) is 2. The molecule has 2 aliphatic carbocycles. The lowest BCUT2D eigenvalue weighted by molar-refractivity contribution is -0.125. The van der Waals surface area contributed by atoms with Crippen molar-refractivity contribution in [3.05, 3.63) is 29.8 Å². The predicted molar refractivity (Wildman–Crippen MR) is 77.8 cm³/mol. The Morgan fingerprint density at radius 1 is 1.36 bits per heavy atom. The predicted octanol–water partition coefficient (Wildman–Crippen LogP) is 3.56. The molecule has 0 heterocycles. The SMILES string of the molecule is CC1(C)C2CCC1(C(=O)Nc1ccc(F)c(F)c1)/C(=N/O)C2. The minimum atomic E-state index is -1.01. The quantitative estimate of drug-likeness (QED) is 0.648. The summed E-state index contributed by atoms with van der Waals surface area (Å²) in [5, 5.41) is 15.3. The topological polar surface area (TPSA) is 61.7 Å². The lowest BCUT2D eigenvalue weighted by atomic mass is 9.68. The van der Waals surface area contributed by atoms with Crippen LogP contribution in [0, 0.1) is 28.4 Å². The number of nitrogens with zero attached hydrogens (tertiary/aromatic N) is 1. The molecule has 6 heteroatoms. The molecule has 2 atom stereocenters. The highest BCUT2D eigenvalue weighted by Crippen LogP contribution is 2.64. The fraction of sp³-hybridized carbons (Fsp3) is 0.500. The fourth-order valence-electron chi connectivity index (χ4n) is 4.18. The third kappa shape index (κ3) is 1.79. The molecule has 0 aliphatic heterocycles. The van der Waals surface area contributed by atoms with Crippen molar-refractivity contribution in [1.29, 1.82) is 0 Å².